The Morgan fingerprint density at radius 1 is 1.18 bits per heavy atom. The molecule has 0 saturated heterocycles. The number of halogens is 1. The normalized spacial score (nSPS) is 15.5. The smallest absolute Gasteiger partial charge is 0.240 e. The Morgan fingerprint density at radius 2 is 1.68 bits per heavy atom. The van der Waals surface area contributed by atoms with Crippen LogP contribution < -0.4 is 4.72 Å². The Labute approximate surface area is 142 Å². The van der Waals surface area contributed by atoms with E-state index in [1.165, 1.54) is 0 Å². The van der Waals surface area contributed by atoms with Crippen molar-refractivity contribution in [3.63, 3.8) is 0 Å². The van der Waals surface area contributed by atoms with Gasteiger partial charge in [-0.1, -0.05) is 50.0 Å². The number of hydrogen-bond acceptors (Lipinski definition) is 3. The van der Waals surface area contributed by atoms with E-state index >= 15 is 0 Å². The van der Waals surface area contributed by atoms with Crippen molar-refractivity contribution in [2.75, 3.05) is 0 Å². The molecule has 0 spiro atoms. The molecule has 1 aromatic carbocycles. The minimum atomic E-state index is -3.67. The molecule has 1 aromatic rings. The molecule has 2 N–H and O–H groups in total. The Balaban J connectivity index is 3.15. The second-order valence-electron chi connectivity index (χ2n) is 5.75. The molecule has 0 aliphatic heterocycles. The van der Waals surface area contributed by atoms with Crippen molar-refractivity contribution in [3.8, 4) is 0 Å². The number of nitrogens with one attached hydrogen (secondary N) is 1. The summed E-state index contributed by atoms with van der Waals surface area (Å²) in [6.07, 6.45) is 1.79. The quantitative estimate of drug-likeness (QED) is 0.709. The minimum Gasteiger partial charge on any atom is -0.388 e. The van der Waals surface area contributed by atoms with Crippen molar-refractivity contribution in [3.05, 3.63) is 28.7 Å². The highest BCUT2D eigenvalue weighted by atomic mass is 79.9. The van der Waals surface area contributed by atoms with Crippen LogP contribution in [0.1, 0.15) is 47.0 Å². The molecule has 0 radical (unpaired) electrons. The highest BCUT2D eigenvalue weighted by molar-refractivity contribution is 9.10. The molecule has 4 nitrogen and oxygen atoms in total. The first-order chi connectivity index (χ1) is 10.2. The summed E-state index contributed by atoms with van der Waals surface area (Å²) in [5.74, 6) is 0.0372. The lowest BCUT2D eigenvalue weighted by Gasteiger charge is -2.38. The van der Waals surface area contributed by atoms with E-state index in [1.807, 2.05) is 27.7 Å². The van der Waals surface area contributed by atoms with E-state index in [9.17, 15) is 13.5 Å². The van der Waals surface area contributed by atoms with Gasteiger partial charge in [0.2, 0.25) is 10.0 Å². The van der Waals surface area contributed by atoms with Gasteiger partial charge in [-0.25, -0.2) is 13.1 Å². The van der Waals surface area contributed by atoms with Crippen molar-refractivity contribution in [2.24, 2.45) is 5.92 Å². The molecule has 1 rings (SSSR count). The van der Waals surface area contributed by atoms with Gasteiger partial charge in [0.15, 0.2) is 0 Å². The van der Waals surface area contributed by atoms with Crippen molar-refractivity contribution in [1.29, 1.82) is 0 Å². The average molecular weight is 392 g/mol. The van der Waals surface area contributed by atoms with Gasteiger partial charge in [0.1, 0.15) is 0 Å². The maximum absolute atomic E-state index is 12.6. The van der Waals surface area contributed by atoms with E-state index < -0.39 is 21.7 Å². The Hall–Kier alpha value is -0.430. The monoisotopic (exact) mass is 391 g/mol. The van der Waals surface area contributed by atoms with Gasteiger partial charge in [0.05, 0.1) is 16.5 Å². The SMILES string of the molecule is CC[C@H](C)[C@H](NS(=O)(=O)c1ccc(Br)cc1)C(O)(CC)CC. The molecule has 22 heavy (non-hydrogen) atoms. The molecular weight excluding hydrogens is 366 g/mol. The van der Waals surface area contributed by atoms with Gasteiger partial charge in [0.25, 0.3) is 0 Å². The first kappa shape index (κ1) is 19.6. The van der Waals surface area contributed by atoms with Gasteiger partial charge in [-0.15, -0.1) is 0 Å². The predicted molar refractivity (Wildman–Crippen MR) is 93.2 cm³/mol. The molecule has 0 aliphatic carbocycles. The Morgan fingerprint density at radius 3 is 2.09 bits per heavy atom. The summed E-state index contributed by atoms with van der Waals surface area (Å²) in [5.41, 5.74) is -1.04. The number of hydrogen-bond donors (Lipinski definition) is 2. The maximum atomic E-state index is 12.6. The second kappa shape index (κ2) is 7.90. The van der Waals surface area contributed by atoms with Gasteiger partial charge in [-0.2, -0.15) is 0 Å². The van der Waals surface area contributed by atoms with Crippen LogP contribution in [-0.4, -0.2) is 25.2 Å². The molecule has 0 amide bonds. The highest BCUT2D eigenvalue weighted by Gasteiger charge is 2.39. The van der Waals surface area contributed by atoms with Gasteiger partial charge in [-0.3, -0.25) is 0 Å². The second-order valence-corrected chi connectivity index (χ2v) is 8.38. The minimum absolute atomic E-state index is 0.0372. The summed E-state index contributed by atoms with van der Waals surface area (Å²) < 4.78 is 28.8. The number of benzene rings is 1. The van der Waals surface area contributed by atoms with Crippen molar-refractivity contribution in [2.45, 2.75) is 63.5 Å². The third kappa shape index (κ3) is 4.54. The molecule has 6 heteroatoms. The summed E-state index contributed by atoms with van der Waals surface area (Å²) in [6.45, 7) is 7.72. The zero-order valence-corrected chi connectivity index (χ0v) is 16.0. The fourth-order valence-electron chi connectivity index (χ4n) is 2.53. The lowest BCUT2D eigenvalue weighted by molar-refractivity contribution is -0.0161. The molecule has 0 saturated carbocycles. The molecular formula is C16H26BrNO3S. The van der Waals surface area contributed by atoms with E-state index in [0.29, 0.717) is 12.8 Å². The third-order valence-electron chi connectivity index (χ3n) is 4.42. The first-order valence-corrected chi connectivity index (χ1v) is 9.98. The number of aliphatic hydroxyl groups is 1. The summed E-state index contributed by atoms with van der Waals surface area (Å²) in [6, 6.07) is 5.98. The van der Waals surface area contributed by atoms with Crippen LogP contribution in [0.15, 0.2) is 33.6 Å². The van der Waals surface area contributed by atoms with Crippen LogP contribution >= 0.6 is 15.9 Å². The molecule has 0 aromatic heterocycles. The van der Waals surface area contributed by atoms with Crippen molar-refractivity contribution >= 4 is 26.0 Å². The lowest BCUT2D eigenvalue weighted by atomic mass is 9.81. The largest absolute Gasteiger partial charge is 0.388 e. The van der Waals surface area contributed by atoms with Crippen LogP contribution in [-0.2, 0) is 10.0 Å². The van der Waals surface area contributed by atoms with Crippen molar-refractivity contribution in [1.82, 2.24) is 4.72 Å². The predicted octanol–water partition coefficient (Wildman–Crippen LogP) is 3.69. The Bertz CT molecular complexity index is 568. The van der Waals surface area contributed by atoms with Gasteiger partial charge in [0, 0.05) is 4.47 Å². The fourth-order valence-corrected chi connectivity index (χ4v) is 4.21. The van der Waals surface area contributed by atoms with E-state index in [0.717, 1.165) is 10.9 Å². The molecule has 126 valence electrons. The highest BCUT2D eigenvalue weighted by Crippen LogP contribution is 2.28. The van der Waals surface area contributed by atoms with Crippen LogP contribution in [0.3, 0.4) is 0 Å². The molecule has 0 heterocycles. The van der Waals surface area contributed by atoms with E-state index in [1.54, 1.807) is 24.3 Å². The standard InChI is InChI=1S/C16H26BrNO3S/c1-5-12(4)15(16(19,6-2)7-3)18-22(20,21)14-10-8-13(17)9-11-14/h8-12,15,18-19H,5-7H2,1-4H3/t12-,15-/m0/s1. The lowest BCUT2D eigenvalue weighted by Crippen LogP contribution is -2.55. The van der Waals surface area contributed by atoms with E-state index in [2.05, 4.69) is 20.7 Å². The number of rotatable bonds is 8. The molecule has 0 unspecified atom stereocenters. The molecule has 0 bridgehead atoms. The fraction of sp³-hybridized carbons (Fsp3) is 0.625. The maximum Gasteiger partial charge on any atom is 0.240 e. The zero-order valence-electron chi connectivity index (χ0n) is 13.6. The van der Waals surface area contributed by atoms with Gasteiger partial charge >= 0.3 is 0 Å². The summed E-state index contributed by atoms with van der Waals surface area (Å²) in [7, 11) is -3.67. The number of sulfonamides is 1. The molecule has 0 aliphatic rings. The van der Waals surface area contributed by atoms with E-state index in [4.69, 9.17) is 0 Å². The van der Waals surface area contributed by atoms with Crippen LogP contribution in [0.25, 0.3) is 0 Å². The Kier molecular flexibility index (Phi) is 7.05. The van der Waals surface area contributed by atoms with Crippen molar-refractivity contribution < 1.29 is 13.5 Å². The zero-order chi connectivity index (χ0) is 17.0. The molecule has 2 atom stereocenters. The van der Waals surface area contributed by atoms with Gasteiger partial charge < -0.3 is 5.11 Å². The van der Waals surface area contributed by atoms with Crippen LogP contribution in [0, 0.1) is 5.92 Å². The third-order valence-corrected chi connectivity index (χ3v) is 6.41. The van der Waals surface area contributed by atoms with Crippen LogP contribution in [0.4, 0.5) is 0 Å². The topological polar surface area (TPSA) is 66.4 Å². The molecule has 0 fully saturated rings. The van der Waals surface area contributed by atoms with Gasteiger partial charge in [-0.05, 0) is 43.0 Å². The van der Waals surface area contributed by atoms with Crippen LogP contribution in [0.2, 0.25) is 0 Å². The first-order valence-electron chi connectivity index (χ1n) is 7.70. The van der Waals surface area contributed by atoms with Crippen LogP contribution in [0.5, 0.6) is 0 Å². The van der Waals surface area contributed by atoms with E-state index in [-0.39, 0.29) is 10.8 Å². The average Bonchev–Trinajstić information content (AvgIpc) is 2.51. The summed E-state index contributed by atoms with van der Waals surface area (Å²) in [4.78, 5) is 0.207. The summed E-state index contributed by atoms with van der Waals surface area (Å²) >= 11 is 3.30. The summed E-state index contributed by atoms with van der Waals surface area (Å²) in [5, 5.41) is 10.8.